The first-order chi connectivity index (χ1) is 10.3. The van der Waals surface area contributed by atoms with Crippen LogP contribution in [0.25, 0.3) is 22.3 Å². The number of rotatable bonds is 4. The van der Waals surface area contributed by atoms with Gasteiger partial charge in [0, 0.05) is 23.8 Å². The lowest BCUT2D eigenvalue weighted by Crippen LogP contribution is -2.14. The van der Waals surface area contributed by atoms with Crippen molar-refractivity contribution in [2.24, 2.45) is 0 Å². The van der Waals surface area contributed by atoms with Crippen LogP contribution in [0.1, 0.15) is 18.3 Å². The molecule has 0 aliphatic heterocycles. The summed E-state index contributed by atoms with van der Waals surface area (Å²) in [5.41, 5.74) is 2.80. The topological polar surface area (TPSA) is 50.7 Å². The van der Waals surface area contributed by atoms with Gasteiger partial charge in [0.1, 0.15) is 5.69 Å². The number of aryl methyl sites for hydroxylation is 1. The third-order valence-electron chi connectivity index (χ3n) is 3.35. The van der Waals surface area contributed by atoms with Crippen molar-refractivity contribution >= 4 is 10.8 Å². The maximum absolute atomic E-state index is 4.66. The summed E-state index contributed by atoms with van der Waals surface area (Å²) in [5, 5.41) is 5.53. The van der Waals surface area contributed by atoms with Crippen molar-refractivity contribution < 1.29 is 0 Å². The Hall–Kier alpha value is -2.33. The number of nitrogens with zero attached hydrogens (tertiary/aromatic N) is 3. The maximum Gasteiger partial charge on any atom is 0.179 e. The molecule has 4 nitrogen and oxygen atoms in total. The van der Waals surface area contributed by atoms with Crippen molar-refractivity contribution in [2.75, 3.05) is 6.54 Å². The first-order valence-corrected chi connectivity index (χ1v) is 7.17. The normalized spacial score (nSPS) is 11.0. The minimum atomic E-state index is 0.694. The Bertz CT molecular complexity index is 762. The monoisotopic (exact) mass is 278 g/mol. The van der Waals surface area contributed by atoms with E-state index >= 15 is 0 Å². The molecule has 3 rings (SSSR count). The van der Waals surface area contributed by atoms with Gasteiger partial charge in [0.2, 0.25) is 0 Å². The summed E-state index contributed by atoms with van der Waals surface area (Å²) >= 11 is 0. The summed E-state index contributed by atoms with van der Waals surface area (Å²) in [6, 6.07) is 12.2. The Morgan fingerprint density at radius 2 is 1.95 bits per heavy atom. The van der Waals surface area contributed by atoms with Gasteiger partial charge >= 0.3 is 0 Å². The molecular weight excluding hydrogens is 260 g/mol. The van der Waals surface area contributed by atoms with Crippen LogP contribution in [0.2, 0.25) is 0 Å². The highest BCUT2D eigenvalue weighted by Crippen LogP contribution is 2.24. The standard InChI is InChI=1S/C17H18N4/c1-3-18-11-14-10-12(2)20-17(21-14)16-15-7-5-4-6-13(15)8-9-19-16/h4-10,18H,3,11H2,1-2H3. The fourth-order valence-corrected chi connectivity index (χ4v) is 2.38. The van der Waals surface area contributed by atoms with Crippen LogP contribution in [-0.2, 0) is 6.54 Å². The van der Waals surface area contributed by atoms with Crippen LogP contribution in [-0.4, -0.2) is 21.5 Å². The number of nitrogens with one attached hydrogen (secondary N) is 1. The molecule has 2 aromatic heterocycles. The van der Waals surface area contributed by atoms with Crippen molar-refractivity contribution in [1.82, 2.24) is 20.3 Å². The molecule has 0 radical (unpaired) electrons. The van der Waals surface area contributed by atoms with Crippen LogP contribution in [0.5, 0.6) is 0 Å². The minimum absolute atomic E-state index is 0.694. The van der Waals surface area contributed by atoms with E-state index in [0.717, 1.165) is 40.9 Å². The van der Waals surface area contributed by atoms with Gasteiger partial charge in [-0.25, -0.2) is 9.97 Å². The van der Waals surface area contributed by atoms with Gasteiger partial charge in [-0.2, -0.15) is 0 Å². The van der Waals surface area contributed by atoms with Gasteiger partial charge < -0.3 is 5.32 Å². The van der Waals surface area contributed by atoms with Crippen molar-refractivity contribution in [3.8, 4) is 11.5 Å². The molecule has 0 saturated heterocycles. The number of hydrogen-bond donors (Lipinski definition) is 1. The molecule has 0 amide bonds. The van der Waals surface area contributed by atoms with E-state index in [1.807, 2.05) is 37.4 Å². The second-order valence-electron chi connectivity index (χ2n) is 4.99. The summed E-state index contributed by atoms with van der Waals surface area (Å²) in [7, 11) is 0. The van der Waals surface area contributed by atoms with Gasteiger partial charge in [-0.15, -0.1) is 0 Å². The molecule has 0 aliphatic carbocycles. The van der Waals surface area contributed by atoms with Crippen LogP contribution in [0, 0.1) is 6.92 Å². The van der Waals surface area contributed by atoms with E-state index in [1.54, 1.807) is 0 Å². The SMILES string of the molecule is CCNCc1cc(C)nc(-c2nccc3ccccc23)n1. The smallest absolute Gasteiger partial charge is 0.179 e. The first kappa shape index (κ1) is 13.6. The lowest BCUT2D eigenvalue weighted by Gasteiger charge is -2.08. The summed E-state index contributed by atoms with van der Waals surface area (Å²) in [6.07, 6.45) is 1.81. The molecule has 106 valence electrons. The van der Waals surface area contributed by atoms with Crippen LogP contribution in [0.15, 0.2) is 42.6 Å². The minimum Gasteiger partial charge on any atom is -0.311 e. The van der Waals surface area contributed by atoms with E-state index in [2.05, 4.69) is 39.3 Å². The number of hydrogen-bond acceptors (Lipinski definition) is 4. The molecular formula is C17H18N4. The van der Waals surface area contributed by atoms with Crippen LogP contribution in [0.3, 0.4) is 0 Å². The average molecular weight is 278 g/mol. The van der Waals surface area contributed by atoms with E-state index in [-0.39, 0.29) is 0 Å². The van der Waals surface area contributed by atoms with Crippen LogP contribution < -0.4 is 5.32 Å². The third-order valence-corrected chi connectivity index (χ3v) is 3.35. The van der Waals surface area contributed by atoms with E-state index < -0.39 is 0 Å². The molecule has 1 aromatic carbocycles. The van der Waals surface area contributed by atoms with Crippen LogP contribution >= 0.6 is 0 Å². The maximum atomic E-state index is 4.66. The van der Waals surface area contributed by atoms with Crippen LogP contribution in [0.4, 0.5) is 0 Å². The number of benzene rings is 1. The summed E-state index contributed by atoms with van der Waals surface area (Å²) in [4.78, 5) is 13.7. The second kappa shape index (κ2) is 5.97. The van der Waals surface area contributed by atoms with Crippen molar-refractivity contribution in [1.29, 1.82) is 0 Å². The Balaban J connectivity index is 2.12. The highest BCUT2D eigenvalue weighted by Gasteiger charge is 2.09. The zero-order valence-electron chi connectivity index (χ0n) is 12.3. The summed E-state index contributed by atoms with van der Waals surface area (Å²) < 4.78 is 0. The molecule has 21 heavy (non-hydrogen) atoms. The van der Waals surface area contributed by atoms with Crippen molar-refractivity contribution in [2.45, 2.75) is 20.4 Å². The van der Waals surface area contributed by atoms with Gasteiger partial charge in [0.15, 0.2) is 5.82 Å². The van der Waals surface area contributed by atoms with E-state index in [1.165, 1.54) is 0 Å². The van der Waals surface area contributed by atoms with Gasteiger partial charge in [0.25, 0.3) is 0 Å². The molecule has 0 bridgehead atoms. The van der Waals surface area contributed by atoms with Gasteiger partial charge in [-0.3, -0.25) is 4.98 Å². The average Bonchev–Trinajstić information content (AvgIpc) is 2.52. The molecule has 0 fully saturated rings. The van der Waals surface area contributed by atoms with Crippen molar-refractivity contribution in [3.05, 3.63) is 54.0 Å². The molecule has 0 aliphatic rings. The number of aromatic nitrogens is 3. The lowest BCUT2D eigenvalue weighted by atomic mass is 10.1. The zero-order chi connectivity index (χ0) is 14.7. The van der Waals surface area contributed by atoms with Gasteiger partial charge in [-0.05, 0) is 31.0 Å². The third kappa shape index (κ3) is 2.90. The molecule has 0 unspecified atom stereocenters. The number of fused-ring (bicyclic) bond motifs is 1. The summed E-state index contributed by atoms with van der Waals surface area (Å²) in [5.74, 6) is 0.694. The molecule has 0 spiro atoms. The second-order valence-corrected chi connectivity index (χ2v) is 4.99. The molecule has 0 saturated carbocycles. The fraction of sp³-hybridized carbons (Fsp3) is 0.235. The zero-order valence-corrected chi connectivity index (χ0v) is 12.3. The molecule has 2 heterocycles. The predicted octanol–water partition coefficient (Wildman–Crippen LogP) is 3.11. The molecule has 3 aromatic rings. The summed E-state index contributed by atoms with van der Waals surface area (Å²) in [6.45, 7) is 5.75. The highest BCUT2D eigenvalue weighted by molar-refractivity contribution is 5.92. The Morgan fingerprint density at radius 3 is 2.81 bits per heavy atom. The number of pyridine rings is 1. The largest absolute Gasteiger partial charge is 0.311 e. The molecule has 0 atom stereocenters. The Morgan fingerprint density at radius 1 is 1.10 bits per heavy atom. The first-order valence-electron chi connectivity index (χ1n) is 7.17. The molecule has 1 N–H and O–H groups in total. The quantitative estimate of drug-likeness (QED) is 0.796. The van der Waals surface area contributed by atoms with Crippen molar-refractivity contribution in [3.63, 3.8) is 0 Å². The van der Waals surface area contributed by atoms with E-state index in [0.29, 0.717) is 5.82 Å². The lowest BCUT2D eigenvalue weighted by molar-refractivity contribution is 0.707. The van der Waals surface area contributed by atoms with Gasteiger partial charge in [-0.1, -0.05) is 31.2 Å². The van der Waals surface area contributed by atoms with E-state index in [9.17, 15) is 0 Å². The Labute approximate surface area is 124 Å². The highest BCUT2D eigenvalue weighted by atomic mass is 15.0. The fourth-order valence-electron chi connectivity index (χ4n) is 2.38. The predicted molar refractivity (Wildman–Crippen MR) is 84.9 cm³/mol. The van der Waals surface area contributed by atoms with Gasteiger partial charge in [0.05, 0.1) is 5.69 Å². The van der Waals surface area contributed by atoms with E-state index in [4.69, 9.17) is 0 Å². The Kier molecular flexibility index (Phi) is 3.88. The molecule has 4 heteroatoms.